The maximum absolute atomic E-state index is 10.9. The predicted molar refractivity (Wildman–Crippen MR) is 81.3 cm³/mol. The molecule has 0 radical (unpaired) electrons. The Morgan fingerprint density at radius 2 is 1.42 bits per heavy atom. The molecule has 1 aromatic rings. The molecule has 0 aliphatic heterocycles. The summed E-state index contributed by atoms with van der Waals surface area (Å²) in [7, 11) is -2.48. The Bertz CT molecular complexity index is 477. The second-order valence-electron chi connectivity index (χ2n) is 7.53. The van der Waals surface area contributed by atoms with Gasteiger partial charge < -0.3 is 0 Å². The monoisotopic (exact) mass is 282 g/mol. The summed E-state index contributed by atoms with van der Waals surface area (Å²) < 4.78 is 21.9. The zero-order valence-electron chi connectivity index (χ0n) is 12.9. The third-order valence-corrected chi connectivity index (χ3v) is 4.09. The van der Waals surface area contributed by atoms with Crippen LogP contribution in [0.2, 0.25) is 0 Å². The fourth-order valence-corrected chi connectivity index (χ4v) is 2.76. The van der Waals surface area contributed by atoms with Gasteiger partial charge in [0.2, 0.25) is 0 Å². The first-order valence-electron chi connectivity index (χ1n) is 6.75. The van der Waals surface area contributed by atoms with E-state index in [0.717, 1.165) is 6.42 Å². The van der Waals surface area contributed by atoms with E-state index < -0.39 is 10.7 Å². The molecular weight excluding hydrogens is 256 g/mol. The highest BCUT2D eigenvalue weighted by Crippen LogP contribution is 2.42. The lowest BCUT2D eigenvalue weighted by Crippen LogP contribution is -2.23. The second-order valence-corrected chi connectivity index (χ2v) is 8.56. The maximum Gasteiger partial charge on any atom is 0.168 e. The summed E-state index contributed by atoms with van der Waals surface area (Å²) in [5.74, 6) is 0.422. The lowest BCUT2D eigenvalue weighted by molar-refractivity contribution is 0.229. The van der Waals surface area contributed by atoms with Crippen LogP contribution in [0.5, 0.6) is 0 Å². The van der Waals surface area contributed by atoms with Crippen LogP contribution in [-0.2, 0) is 10.7 Å². The van der Waals surface area contributed by atoms with Crippen LogP contribution in [-0.4, -0.2) is 8.42 Å². The standard InChI is InChI=1S/C16H26O2S/c1-15(2,3)11-14(16(4,5)6)12-7-9-13(10-8-12)19(17)18/h7-10,14,19H,11H2,1-6H3. The number of hydrogen-bond donors (Lipinski definition) is 1. The molecule has 0 aliphatic carbocycles. The molecule has 0 aliphatic rings. The normalized spacial score (nSPS) is 14.7. The molecule has 108 valence electrons. The summed E-state index contributed by atoms with van der Waals surface area (Å²) in [6.45, 7) is 13.5. The van der Waals surface area contributed by atoms with Gasteiger partial charge in [0, 0.05) is 0 Å². The van der Waals surface area contributed by atoms with Gasteiger partial charge in [0.05, 0.1) is 4.90 Å². The molecule has 0 spiro atoms. The zero-order chi connectivity index (χ0) is 14.8. The second kappa shape index (κ2) is 5.66. The number of hydrogen-bond acceptors (Lipinski definition) is 2. The van der Waals surface area contributed by atoms with Gasteiger partial charge in [-0.3, -0.25) is 0 Å². The van der Waals surface area contributed by atoms with E-state index >= 15 is 0 Å². The predicted octanol–water partition coefficient (Wildman–Crippen LogP) is 4.22. The Morgan fingerprint density at radius 3 is 1.74 bits per heavy atom. The van der Waals surface area contributed by atoms with Crippen LogP contribution in [0, 0.1) is 10.8 Å². The SMILES string of the molecule is CC(C)(C)CC(c1ccc([SH](=O)=O)cc1)C(C)(C)C. The Morgan fingerprint density at radius 1 is 0.947 bits per heavy atom. The highest BCUT2D eigenvalue weighted by atomic mass is 32.2. The van der Waals surface area contributed by atoms with Crippen molar-refractivity contribution >= 4 is 10.7 Å². The smallest absolute Gasteiger partial charge is 0.168 e. The molecule has 1 rings (SSSR count). The lowest BCUT2D eigenvalue weighted by Gasteiger charge is -2.36. The van der Waals surface area contributed by atoms with Gasteiger partial charge in [-0.1, -0.05) is 53.7 Å². The minimum Gasteiger partial charge on any atom is -0.227 e. The maximum atomic E-state index is 10.9. The Kier molecular flexibility index (Phi) is 4.83. The van der Waals surface area contributed by atoms with Gasteiger partial charge in [0.1, 0.15) is 0 Å². The molecule has 0 saturated heterocycles. The molecule has 0 saturated carbocycles. The summed E-state index contributed by atoms with van der Waals surface area (Å²) in [6, 6.07) is 7.34. The molecule has 1 atom stereocenters. The van der Waals surface area contributed by atoms with Crippen molar-refractivity contribution in [3.05, 3.63) is 29.8 Å². The molecule has 1 aromatic carbocycles. The zero-order valence-corrected chi connectivity index (χ0v) is 13.8. The van der Waals surface area contributed by atoms with Gasteiger partial charge in [-0.15, -0.1) is 0 Å². The van der Waals surface area contributed by atoms with Crippen molar-refractivity contribution in [2.45, 2.75) is 58.8 Å². The van der Waals surface area contributed by atoms with Crippen LogP contribution >= 0.6 is 0 Å². The largest absolute Gasteiger partial charge is 0.227 e. The molecule has 0 bridgehead atoms. The van der Waals surface area contributed by atoms with Crippen LogP contribution in [0.3, 0.4) is 0 Å². The minimum absolute atomic E-state index is 0.161. The highest BCUT2D eigenvalue weighted by Gasteiger charge is 2.30. The topological polar surface area (TPSA) is 34.1 Å². The summed E-state index contributed by atoms with van der Waals surface area (Å²) in [4.78, 5) is 0.391. The Hall–Kier alpha value is -0.830. The summed E-state index contributed by atoms with van der Waals surface area (Å²) in [6.07, 6.45) is 1.08. The van der Waals surface area contributed by atoms with E-state index in [9.17, 15) is 8.42 Å². The number of benzene rings is 1. The average Bonchev–Trinajstić information content (AvgIpc) is 2.23. The minimum atomic E-state index is -2.48. The molecule has 3 heteroatoms. The third-order valence-electron chi connectivity index (χ3n) is 3.37. The summed E-state index contributed by atoms with van der Waals surface area (Å²) in [5.41, 5.74) is 1.64. The van der Waals surface area contributed by atoms with Crippen molar-refractivity contribution in [2.75, 3.05) is 0 Å². The van der Waals surface area contributed by atoms with Gasteiger partial charge in [-0.2, -0.15) is 0 Å². The van der Waals surface area contributed by atoms with Crippen molar-refractivity contribution < 1.29 is 8.42 Å². The van der Waals surface area contributed by atoms with Crippen molar-refractivity contribution in [1.29, 1.82) is 0 Å². The fraction of sp³-hybridized carbons (Fsp3) is 0.625. The van der Waals surface area contributed by atoms with Crippen LogP contribution < -0.4 is 0 Å². The van der Waals surface area contributed by atoms with Gasteiger partial charge in [-0.05, 0) is 40.9 Å². The van der Waals surface area contributed by atoms with E-state index in [4.69, 9.17) is 0 Å². The van der Waals surface area contributed by atoms with E-state index in [1.54, 1.807) is 12.1 Å². The molecule has 0 aromatic heterocycles. The molecule has 1 unspecified atom stereocenters. The van der Waals surface area contributed by atoms with Crippen molar-refractivity contribution in [1.82, 2.24) is 0 Å². The first-order chi connectivity index (χ1) is 8.50. The fourth-order valence-electron chi connectivity index (χ4n) is 2.36. The summed E-state index contributed by atoms with van der Waals surface area (Å²) in [5, 5.41) is 0. The Balaban J connectivity index is 3.11. The van der Waals surface area contributed by atoms with Crippen molar-refractivity contribution in [3.63, 3.8) is 0 Å². The van der Waals surface area contributed by atoms with Crippen LogP contribution in [0.15, 0.2) is 29.2 Å². The van der Waals surface area contributed by atoms with E-state index in [1.165, 1.54) is 5.56 Å². The first-order valence-corrected chi connectivity index (χ1v) is 7.93. The molecule has 0 fully saturated rings. The number of rotatable bonds is 3. The average molecular weight is 282 g/mol. The van der Waals surface area contributed by atoms with Gasteiger partial charge in [0.15, 0.2) is 10.7 Å². The van der Waals surface area contributed by atoms with Crippen molar-refractivity contribution in [2.24, 2.45) is 10.8 Å². The van der Waals surface area contributed by atoms with Crippen LogP contribution in [0.4, 0.5) is 0 Å². The van der Waals surface area contributed by atoms with E-state index in [1.807, 2.05) is 12.1 Å². The van der Waals surface area contributed by atoms with Gasteiger partial charge in [0.25, 0.3) is 0 Å². The molecule has 0 heterocycles. The molecule has 0 amide bonds. The molecule has 2 nitrogen and oxygen atoms in total. The van der Waals surface area contributed by atoms with Gasteiger partial charge >= 0.3 is 0 Å². The Labute approximate surface area is 119 Å². The van der Waals surface area contributed by atoms with E-state index in [0.29, 0.717) is 10.8 Å². The first kappa shape index (κ1) is 16.2. The van der Waals surface area contributed by atoms with Crippen LogP contribution in [0.1, 0.15) is 59.4 Å². The lowest BCUT2D eigenvalue weighted by atomic mass is 9.69. The van der Waals surface area contributed by atoms with Gasteiger partial charge in [-0.25, -0.2) is 8.42 Å². The summed E-state index contributed by atoms with van der Waals surface area (Å²) >= 11 is 0. The molecular formula is C16H26O2S. The number of thiol groups is 1. The molecule has 19 heavy (non-hydrogen) atoms. The van der Waals surface area contributed by atoms with Crippen LogP contribution in [0.25, 0.3) is 0 Å². The highest BCUT2D eigenvalue weighted by molar-refractivity contribution is 7.72. The van der Waals surface area contributed by atoms with E-state index in [2.05, 4.69) is 41.5 Å². The molecule has 0 N–H and O–H groups in total. The quantitative estimate of drug-likeness (QED) is 0.842. The third kappa shape index (κ3) is 4.98. The van der Waals surface area contributed by atoms with E-state index in [-0.39, 0.29) is 10.8 Å². The van der Waals surface area contributed by atoms with Crippen molar-refractivity contribution in [3.8, 4) is 0 Å².